The third kappa shape index (κ3) is 4.21. The van der Waals surface area contributed by atoms with E-state index in [0.717, 1.165) is 11.6 Å². The zero-order valence-electron chi connectivity index (χ0n) is 17.1. The minimum atomic E-state index is -4.66. The molecule has 4 heterocycles. The zero-order valence-corrected chi connectivity index (χ0v) is 17.1. The second kappa shape index (κ2) is 7.68. The minimum absolute atomic E-state index is 0.224. The monoisotopic (exact) mass is 454 g/mol. The van der Waals surface area contributed by atoms with Crippen LogP contribution in [0.15, 0.2) is 30.5 Å². The number of halogens is 5. The molecule has 0 aliphatic carbocycles. The second-order valence-corrected chi connectivity index (χ2v) is 7.70. The molecule has 170 valence electrons. The summed E-state index contributed by atoms with van der Waals surface area (Å²) in [5.41, 5.74) is -0.235. The molecule has 0 radical (unpaired) electrons. The summed E-state index contributed by atoms with van der Waals surface area (Å²) < 4.78 is 68.5. The number of carbonyl (C=O) groups excluding carboxylic acids is 1. The zero-order chi connectivity index (χ0) is 23.3. The lowest BCUT2D eigenvalue weighted by Gasteiger charge is -2.24. The van der Waals surface area contributed by atoms with Crippen LogP contribution in [0.1, 0.15) is 53.4 Å². The number of nitrogens with one attached hydrogen (secondary N) is 1. The van der Waals surface area contributed by atoms with E-state index in [9.17, 15) is 26.7 Å². The highest BCUT2D eigenvalue weighted by Crippen LogP contribution is 2.32. The van der Waals surface area contributed by atoms with Crippen molar-refractivity contribution in [3.05, 3.63) is 53.2 Å². The number of amides is 1. The van der Waals surface area contributed by atoms with E-state index in [-0.39, 0.29) is 11.4 Å². The quantitative estimate of drug-likeness (QED) is 0.603. The van der Waals surface area contributed by atoms with Crippen LogP contribution in [0, 0.1) is 0 Å². The number of rotatable bonds is 4. The molecular formula is C20H19F5N6O. The molecule has 0 aromatic carbocycles. The Morgan fingerprint density at radius 2 is 1.88 bits per heavy atom. The maximum atomic E-state index is 13.6. The number of aryl methyl sites for hydroxylation is 2. The fourth-order valence-corrected chi connectivity index (χ4v) is 3.65. The molecule has 0 bridgehead atoms. The molecule has 7 nitrogen and oxygen atoms in total. The van der Waals surface area contributed by atoms with Crippen LogP contribution in [0.5, 0.6) is 0 Å². The lowest BCUT2D eigenvalue weighted by molar-refractivity contribution is -0.141. The van der Waals surface area contributed by atoms with Crippen LogP contribution in [0.25, 0.3) is 11.3 Å². The summed E-state index contributed by atoms with van der Waals surface area (Å²) in [6.45, 7) is 1.32. The van der Waals surface area contributed by atoms with E-state index >= 15 is 0 Å². The van der Waals surface area contributed by atoms with Gasteiger partial charge in [0.25, 0.3) is 11.8 Å². The Morgan fingerprint density at radius 3 is 2.53 bits per heavy atom. The highest BCUT2D eigenvalue weighted by Gasteiger charge is 2.36. The Labute approximate surface area is 179 Å². The first kappa shape index (κ1) is 21.9. The van der Waals surface area contributed by atoms with Gasteiger partial charge < -0.3 is 5.32 Å². The highest BCUT2D eigenvalue weighted by atomic mass is 19.4. The molecule has 1 N–H and O–H groups in total. The molecule has 0 saturated carbocycles. The SMILES string of the molecule is Cn1nc(C(F)(F)F)cc1C(=O)N[C@H]1CCCn2nc(-c3ccnc(C(C)(F)F)c3)cc21. The van der Waals surface area contributed by atoms with Crippen molar-refractivity contribution in [1.29, 1.82) is 0 Å². The Balaban J connectivity index is 1.60. The van der Waals surface area contributed by atoms with Gasteiger partial charge in [0.05, 0.1) is 17.4 Å². The van der Waals surface area contributed by atoms with E-state index in [2.05, 4.69) is 20.5 Å². The Bertz CT molecular complexity index is 1160. The van der Waals surface area contributed by atoms with Crippen molar-refractivity contribution in [2.45, 2.75) is 44.5 Å². The normalized spacial score (nSPS) is 16.7. The van der Waals surface area contributed by atoms with E-state index in [1.807, 2.05) is 0 Å². The van der Waals surface area contributed by atoms with Crippen LogP contribution in [0.2, 0.25) is 0 Å². The molecule has 4 rings (SSSR count). The van der Waals surface area contributed by atoms with Gasteiger partial charge >= 0.3 is 6.18 Å². The molecule has 1 atom stereocenters. The molecule has 0 spiro atoms. The number of nitrogens with zero attached hydrogens (tertiary/aromatic N) is 5. The lowest BCUT2D eigenvalue weighted by Crippen LogP contribution is -2.33. The Hall–Kier alpha value is -3.31. The first-order chi connectivity index (χ1) is 14.9. The molecule has 0 fully saturated rings. The largest absolute Gasteiger partial charge is 0.435 e. The molecule has 32 heavy (non-hydrogen) atoms. The summed E-state index contributed by atoms with van der Waals surface area (Å²) in [6.07, 6.45) is -2.16. The maximum Gasteiger partial charge on any atom is 0.435 e. The van der Waals surface area contributed by atoms with Crippen molar-refractivity contribution < 1.29 is 26.7 Å². The summed E-state index contributed by atoms with van der Waals surface area (Å²) in [5, 5.41) is 10.6. The van der Waals surface area contributed by atoms with Gasteiger partial charge in [0.15, 0.2) is 5.69 Å². The average molecular weight is 454 g/mol. The van der Waals surface area contributed by atoms with E-state index < -0.39 is 29.7 Å². The fraction of sp³-hybridized carbons (Fsp3) is 0.400. The van der Waals surface area contributed by atoms with Gasteiger partial charge in [-0.1, -0.05) is 0 Å². The Kier molecular flexibility index (Phi) is 5.25. The van der Waals surface area contributed by atoms with Crippen molar-refractivity contribution in [2.75, 3.05) is 0 Å². The van der Waals surface area contributed by atoms with Crippen LogP contribution in [0.4, 0.5) is 22.0 Å². The van der Waals surface area contributed by atoms with Crippen LogP contribution in [-0.2, 0) is 25.7 Å². The first-order valence-electron chi connectivity index (χ1n) is 9.78. The van der Waals surface area contributed by atoms with Crippen LogP contribution < -0.4 is 5.32 Å². The molecule has 0 unspecified atom stereocenters. The third-order valence-corrected chi connectivity index (χ3v) is 5.24. The van der Waals surface area contributed by atoms with Gasteiger partial charge in [-0.25, -0.2) is 0 Å². The van der Waals surface area contributed by atoms with Crippen molar-refractivity contribution in [2.24, 2.45) is 7.05 Å². The van der Waals surface area contributed by atoms with Crippen LogP contribution in [0.3, 0.4) is 0 Å². The Morgan fingerprint density at radius 1 is 1.12 bits per heavy atom. The van der Waals surface area contributed by atoms with Gasteiger partial charge in [-0.3, -0.25) is 19.1 Å². The average Bonchev–Trinajstić information content (AvgIpc) is 3.32. The number of carbonyl (C=O) groups is 1. The number of pyridine rings is 1. The standard InChI is InChI=1S/C20H19F5N6O/c1-19(21,22)16-8-11(5-6-26-16)13-9-14-12(4-3-7-31(14)28-13)27-18(32)15-10-17(20(23,24)25)29-30(15)2/h5-6,8-10,12H,3-4,7H2,1-2H3,(H,27,32)/t12-/m0/s1. The van der Waals surface area contributed by atoms with Crippen molar-refractivity contribution in [3.8, 4) is 11.3 Å². The summed E-state index contributed by atoms with van der Waals surface area (Å²) in [5.74, 6) is -3.81. The van der Waals surface area contributed by atoms with Crippen LogP contribution in [-0.4, -0.2) is 30.5 Å². The minimum Gasteiger partial charge on any atom is -0.342 e. The van der Waals surface area contributed by atoms with E-state index in [0.29, 0.717) is 42.4 Å². The predicted octanol–water partition coefficient (Wildman–Crippen LogP) is 4.07. The topological polar surface area (TPSA) is 77.6 Å². The number of alkyl halides is 5. The number of hydrogen-bond acceptors (Lipinski definition) is 4. The first-order valence-corrected chi connectivity index (χ1v) is 9.78. The van der Waals surface area contributed by atoms with Gasteiger partial charge in [-0.15, -0.1) is 0 Å². The maximum absolute atomic E-state index is 13.6. The van der Waals surface area contributed by atoms with Gasteiger partial charge in [0.1, 0.15) is 11.4 Å². The number of hydrogen-bond donors (Lipinski definition) is 1. The molecule has 3 aromatic rings. The molecule has 3 aromatic heterocycles. The lowest BCUT2D eigenvalue weighted by atomic mass is 10.0. The summed E-state index contributed by atoms with van der Waals surface area (Å²) in [4.78, 5) is 16.4. The number of aromatic nitrogens is 5. The van der Waals surface area contributed by atoms with E-state index in [1.54, 1.807) is 16.8 Å². The van der Waals surface area contributed by atoms with Crippen molar-refractivity contribution in [1.82, 2.24) is 29.9 Å². The van der Waals surface area contributed by atoms with Crippen molar-refractivity contribution in [3.63, 3.8) is 0 Å². The smallest absolute Gasteiger partial charge is 0.342 e. The van der Waals surface area contributed by atoms with Gasteiger partial charge in [-0.05, 0) is 31.0 Å². The van der Waals surface area contributed by atoms with Gasteiger partial charge in [0, 0.05) is 38.3 Å². The molecule has 1 amide bonds. The third-order valence-electron chi connectivity index (χ3n) is 5.24. The fourth-order valence-electron chi connectivity index (χ4n) is 3.65. The van der Waals surface area contributed by atoms with Crippen LogP contribution >= 0.6 is 0 Å². The molecule has 1 aliphatic heterocycles. The molecule has 12 heteroatoms. The summed E-state index contributed by atoms with van der Waals surface area (Å²) in [6, 6.07) is 4.70. The predicted molar refractivity (Wildman–Crippen MR) is 103 cm³/mol. The second-order valence-electron chi connectivity index (χ2n) is 7.70. The van der Waals surface area contributed by atoms with Gasteiger partial charge in [0.2, 0.25) is 0 Å². The molecule has 1 aliphatic rings. The summed E-state index contributed by atoms with van der Waals surface area (Å²) >= 11 is 0. The van der Waals surface area contributed by atoms with Crippen molar-refractivity contribution >= 4 is 5.91 Å². The van der Waals surface area contributed by atoms with Gasteiger partial charge in [-0.2, -0.15) is 32.1 Å². The van der Waals surface area contributed by atoms with E-state index in [1.165, 1.54) is 19.3 Å². The van der Waals surface area contributed by atoms with E-state index in [4.69, 9.17) is 0 Å². The molecular weight excluding hydrogens is 435 g/mol. The number of fused-ring (bicyclic) bond motifs is 1. The molecule has 0 saturated heterocycles. The highest BCUT2D eigenvalue weighted by molar-refractivity contribution is 5.93. The summed E-state index contributed by atoms with van der Waals surface area (Å²) in [7, 11) is 1.26.